The summed E-state index contributed by atoms with van der Waals surface area (Å²) in [5.41, 5.74) is 2.39. The lowest BCUT2D eigenvalue weighted by molar-refractivity contribution is -0.119. The minimum absolute atomic E-state index is 0.152. The second-order valence-electron chi connectivity index (χ2n) is 9.72. The van der Waals surface area contributed by atoms with Gasteiger partial charge < -0.3 is 14.6 Å². The average molecular weight is 547 g/mol. The van der Waals surface area contributed by atoms with Crippen LogP contribution in [-0.2, 0) is 10.3 Å². The number of rotatable bonds is 4. The number of ether oxygens (including phenoxy) is 1. The summed E-state index contributed by atoms with van der Waals surface area (Å²) in [4.78, 5) is 35.1. The van der Waals surface area contributed by atoms with Crippen LogP contribution in [-0.4, -0.2) is 28.5 Å². The van der Waals surface area contributed by atoms with Crippen LogP contribution in [0.4, 0.5) is 11.4 Å². The fraction of sp³-hybridized carbons (Fsp3) is 0.207. The van der Waals surface area contributed by atoms with E-state index in [0.29, 0.717) is 44.3 Å². The molecule has 3 heterocycles. The van der Waals surface area contributed by atoms with E-state index >= 15 is 0 Å². The lowest BCUT2D eigenvalue weighted by Crippen LogP contribution is -2.51. The van der Waals surface area contributed by atoms with Gasteiger partial charge in [0.2, 0.25) is 0 Å². The molecule has 1 unspecified atom stereocenters. The Kier molecular flexibility index (Phi) is 5.56. The standard InChI is InChI=1S/C29H24Cl2N4O3/c1-15(2)34-25-24(33-26(34)19-7-5-6-8-23(19)38-4)27(36)35(22-14-18(31)10-9-16(22)3)29(25)20-12-11-17(30)13-21(20)32-28(29)37/h5-15H,1-4H3,(H,32,37). The molecule has 0 fully saturated rings. The molecule has 1 spiro atoms. The lowest BCUT2D eigenvalue weighted by Gasteiger charge is -2.36. The SMILES string of the molecule is COc1ccccc1-c1nc2c(n1C(C)C)C1(C(=O)Nc3cc(Cl)ccc31)N(c1cc(Cl)ccc1C)C2=O. The molecule has 2 aliphatic rings. The number of anilines is 2. The molecule has 192 valence electrons. The fourth-order valence-electron chi connectivity index (χ4n) is 5.65. The molecule has 0 saturated heterocycles. The lowest BCUT2D eigenvalue weighted by atomic mass is 9.86. The van der Waals surface area contributed by atoms with E-state index in [1.54, 1.807) is 37.4 Å². The zero-order chi connectivity index (χ0) is 26.9. The number of para-hydroxylation sites is 1. The predicted molar refractivity (Wildman–Crippen MR) is 148 cm³/mol. The van der Waals surface area contributed by atoms with Crippen LogP contribution in [0.5, 0.6) is 5.75 Å². The van der Waals surface area contributed by atoms with Gasteiger partial charge in [0, 0.05) is 27.3 Å². The smallest absolute Gasteiger partial charge is 0.280 e. The van der Waals surface area contributed by atoms with Crippen molar-refractivity contribution in [2.45, 2.75) is 32.4 Å². The molecule has 0 bridgehead atoms. The van der Waals surface area contributed by atoms with E-state index in [4.69, 9.17) is 32.9 Å². The summed E-state index contributed by atoms with van der Waals surface area (Å²) in [5, 5.41) is 3.92. The Labute approximate surface area is 230 Å². The molecule has 1 aromatic heterocycles. The summed E-state index contributed by atoms with van der Waals surface area (Å²) in [6, 6.07) is 17.9. The number of carbonyl (C=O) groups excluding carboxylic acids is 2. The van der Waals surface area contributed by atoms with Crippen molar-refractivity contribution in [1.82, 2.24) is 9.55 Å². The number of imidazole rings is 1. The second kappa shape index (κ2) is 8.61. The van der Waals surface area contributed by atoms with Crippen molar-refractivity contribution < 1.29 is 14.3 Å². The first-order valence-corrected chi connectivity index (χ1v) is 12.9. The normalized spacial score (nSPS) is 17.8. The predicted octanol–water partition coefficient (Wildman–Crippen LogP) is 6.61. The van der Waals surface area contributed by atoms with Crippen LogP contribution in [0.1, 0.15) is 47.2 Å². The molecule has 2 aliphatic heterocycles. The van der Waals surface area contributed by atoms with Crippen LogP contribution in [0.2, 0.25) is 10.0 Å². The Morgan fingerprint density at radius 2 is 1.71 bits per heavy atom. The summed E-state index contributed by atoms with van der Waals surface area (Å²) in [5.74, 6) is 0.409. The van der Waals surface area contributed by atoms with Crippen molar-refractivity contribution in [3.63, 3.8) is 0 Å². The van der Waals surface area contributed by atoms with Crippen LogP contribution in [0, 0.1) is 6.92 Å². The first kappa shape index (κ1) is 24.5. The number of amides is 2. The average Bonchev–Trinajstić information content (AvgIpc) is 3.49. The number of aryl methyl sites for hydroxylation is 1. The van der Waals surface area contributed by atoms with E-state index in [1.807, 2.05) is 55.7 Å². The van der Waals surface area contributed by atoms with Gasteiger partial charge >= 0.3 is 0 Å². The van der Waals surface area contributed by atoms with Crippen molar-refractivity contribution in [2.75, 3.05) is 17.3 Å². The van der Waals surface area contributed by atoms with Gasteiger partial charge in [-0.25, -0.2) is 4.98 Å². The van der Waals surface area contributed by atoms with Crippen molar-refractivity contribution in [1.29, 1.82) is 0 Å². The molecule has 0 aliphatic carbocycles. The van der Waals surface area contributed by atoms with E-state index in [2.05, 4.69) is 5.32 Å². The number of aromatic nitrogens is 2. The molecule has 2 amide bonds. The van der Waals surface area contributed by atoms with Gasteiger partial charge in [0.25, 0.3) is 11.8 Å². The van der Waals surface area contributed by atoms with Gasteiger partial charge in [-0.15, -0.1) is 0 Å². The Morgan fingerprint density at radius 1 is 1.00 bits per heavy atom. The maximum Gasteiger partial charge on any atom is 0.280 e. The Balaban J connectivity index is 1.75. The highest BCUT2D eigenvalue weighted by Crippen LogP contribution is 2.55. The number of benzene rings is 3. The number of carbonyl (C=O) groups is 2. The minimum atomic E-state index is -1.53. The molecular formula is C29H24Cl2N4O3. The van der Waals surface area contributed by atoms with E-state index in [9.17, 15) is 9.59 Å². The number of fused-ring (bicyclic) bond motifs is 4. The molecule has 1 atom stereocenters. The molecule has 3 aromatic carbocycles. The highest BCUT2D eigenvalue weighted by atomic mass is 35.5. The zero-order valence-electron chi connectivity index (χ0n) is 21.2. The number of methoxy groups -OCH3 is 1. The van der Waals surface area contributed by atoms with Gasteiger partial charge in [0.15, 0.2) is 11.2 Å². The molecule has 0 saturated carbocycles. The van der Waals surface area contributed by atoms with Gasteiger partial charge in [0.1, 0.15) is 11.6 Å². The Morgan fingerprint density at radius 3 is 2.45 bits per heavy atom. The molecular weight excluding hydrogens is 523 g/mol. The number of hydrogen-bond donors (Lipinski definition) is 1. The number of halogens is 2. The van der Waals surface area contributed by atoms with Crippen molar-refractivity contribution >= 4 is 46.4 Å². The largest absolute Gasteiger partial charge is 0.496 e. The number of nitrogens with zero attached hydrogens (tertiary/aromatic N) is 3. The third-order valence-electron chi connectivity index (χ3n) is 7.22. The fourth-order valence-corrected chi connectivity index (χ4v) is 5.99. The summed E-state index contributed by atoms with van der Waals surface area (Å²) in [6.45, 7) is 5.89. The maximum atomic E-state index is 14.4. The van der Waals surface area contributed by atoms with Crippen molar-refractivity contribution in [3.05, 3.63) is 93.2 Å². The van der Waals surface area contributed by atoms with Crippen LogP contribution >= 0.6 is 23.2 Å². The van der Waals surface area contributed by atoms with Gasteiger partial charge in [-0.2, -0.15) is 0 Å². The first-order valence-electron chi connectivity index (χ1n) is 12.2. The third kappa shape index (κ3) is 3.18. The Bertz CT molecular complexity index is 1660. The van der Waals surface area contributed by atoms with Crippen LogP contribution < -0.4 is 15.0 Å². The van der Waals surface area contributed by atoms with Gasteiger partial charge in [-0.05, 0) is 62.7 Å². The summed E-state index contributed by atoms with van der Waals surface area (Å²) < 4.78 is 7.60. The summed E-state index contributed by atoms with van der Waals surface area (Å²) >= 11 is 12.7. The van der Waals surface area contributed by atoms with Crippen molar-refractivity contribution in [2.24, 2.45) is 0 Å². The summed E-state index contributed by atoms with van der Waals surface area (Å²) in [6.07, 6.45) is 0. The van der Waals surface area contributed by atoms with Crippen LogP contribution in [0.15, 0.2) is 60.7 Å². The molecule has 1 N–H and O–H groups in total. The quantitative estimate of drug-likeness (QED) is 0.312. The molecule has 7 nitrogen and oxygen atoms in total. The zero-order valence-corrected chi connectivity index (χ0v) is 22.7. The topological polar surface area (TPSA) is 76.5 Å². The molecule has 4 aromatic rings. The second-order valence-corrected chi connectivity index (χ2v) is 10.6. The molecule has 9 heteroatoms. The maximum absolute atomic E-state index is 14.4. The van der Waals surface area contributed by atoms with E-state index in [0.717, 1.165) is 11.1 Å². The van der Waals surface area contributed by atoms with E-state index in [1.165, 1.54) is 4.90 Å². The minimum Gasteiger partial charge on any atom is -0.496 e. The third-order valence-corrected chi connectivity index (χ3v) is 7.69. The van der Waals surface area contributed by atoms with E-state index in [-0.39, 0.29) is 23.6 Å². The molecule has 6 rings (SSSR count). The first-order chi connectivity index (χ1) is 18.2. The summed E-state index contributed by atoms with van der Waals surface area (Å²) in [7, 11) is 1.59. The highest BCUT2D eigenvalue weighted by molar-refractivity contribution is 6.32. The highest BCUT2D eigenvalue weighted by Gasteiger charge is 2.64. The Hall–Kier alpha value is -3.81. The van der Waals surface area contributed by atoms with E-state index < -0.39 is 5.54 Å². The van der Waals surface area contributed by atoms with Gasteiger partial charge in [-0.1, -0.05) is 47.5 Å². The number of hydrogen-bond acceptors (Lipinski definition) is 4. The van der Waals surface area contributed by atoms with Gasteiger partial charge in [0.05, 0.1) is 24.1 Å². The monoisotopic (exact) mass is 546 g/mol. The molecule has 38 heavy (non-hydrogen) atoms. The number of nitrogens with one attached hydrogen (secondary N) is 1. The van der Waals surface area contributed by atoms with Crippen LogP contribution in [0.3, 0.4) is 0 Å². The van der Waals surface area contributed by atoms with Crippen molar-refractivity contribution in [3.8, 4) is 17.1 Å². The van der Waals surface area contributed by atoms with Gasteiger partial charge in [-0.3, -0.25) is 14.5 Å². The molecule has 0 radical (unpaired) electrons. The van der Waals surface area contributed by atoms with Crippen LogP contribution in [0.25, 0.3) is 11.4 Å².